The Labute approximate surface area is 107 Å². The third kappa shape index (κ3) is 0.996. The van der Waals surface area contributed by atoms with Gasteiger partial charge in [-0.15, -0.1) is 0 Å². The highest BCUT2D eigenvalue weighted by Gasteiger charge is 2.72. The van der Waals surface area contributed by atoms with E-state index in [1.165, 1.54) is 0 Å². The number of rotatable bonds is 0. The molecule has 0 N–H and O–H groups in total. The van der Waals surface area contributed by atoms with Gasteiger partial charge >= 0.3 is 5.97 Å². The smallest absolute Gasteiger partial charge is 0.309 e. The first-order valence-corrected chi connectivity index (χ1v) is 7.16. The first kappa shape index (κ1) is 11.0. The van der Waals surface area contributed by atoms with Crippen molar-refractivity contribution >= 4 is 11.8 Å². The van der Waals surface area contributed by atoms with Gasteiger partial charge in [0.1, 0.15) is 12.4 Å². The number of carbonyl (C=O) groups excluding carboxylic acids is 2. The third-order valence-corrected chi connectivity index (χ3v) is 6.49. The summed E-state index contributed by atoms with van der Waals surface area (Å²) in [6.45, 7) is 5.01. The number of Topliss-reactive ketones (excluding diaryl/α,β-unsaturated/α-hetero) is 1. The summed E-state index contributed by atoms with van der Waals surface area (Å²) in [5, 5.41) is 0. The molecule has 4 rings (SSSR count). The number of carbonyl (C=O) groups is 2. The topological polar surface area (TPSA) is 43.4 Å². The lowest BCUT2D eigenvalue weighted by Gasteiger charge is -2.47. The van der Waals surface area contributed by atoms with E-state index >= 15 is 0 Å². The normalized spacial score (nSPS) is 52.1. The van der Waals surface area contributed by atoms with Crippen molar-refractivity contribution in [2.24, 2.45) is 34.5 Å². The molecule has 3 saturated carbocycles. The molecule has 1 aliphatic heterocycles. The second-order valence-corrected chi connectivity index (χ2v) is 7.47. The highest BCUT2D eigenvalue weighted by Crippen LogP contribution is 2.73. The molecular formula is C15H20O3. The molecule has 1 heterocycles. The van der Waals surface area contributed by atoms with Crippen LogP contribution < -0.4 is 0 Å². The van der Waals surface area contributed by atoms with Crippen molar-refractivity contribution in [3.05, 3.63) is 0 Å². The van der Waals surface area contributed by atoms with Gasteiger partial charge in [-0.25, -0.2) is 0 Å². The number of ketones is 1. The Hall–Kier alpha value is -0.860. The quantitative estimate of drug-likeness (QED) is 0.617. The van der Waals surface area contributed by atoms with Crippen molar-refractivity contribution in [3.8, 4) is 0 Å². The van der Waals surface area contributed by atoms with E-state index < -0.39 is 0 Å². The molecule has 2 bridgehead atoms. The monoisotopic (exact) mass is 248 g/mol. The SMILES string of the molecule is CC1(C)C[C@]23[C@@H]4COC(=O)[C@H]2CC[C@H]1[C@@H]3CC4=O. The van der Waals surface area contributed by atoms with Gasteiger partial charge in [0.15, 0.2) is 0 Å². The first-order chi connectivity index (χ1) is 8.47. The predicted octanol–water partition coefficient (Wildman–Crippen LogP) is 2.19. The van der Waals surface area contributed by atoms with Gasteiger partial charge in [0.25, 0.3) is 0 Å². The van der Waals surface area contributed by atoms with E-state index in [0.29, 0.717) is 30.6 Å². The summed E-state index contributed by atoms with van der Waals surface area (Å²) in [6, 6.07) is 0. The summed E-state index contributed by atoms with van der Waals surface area (Å²) in [5.41, 5.74) is 0.259. The van der Waals surface area contributed by atoms with Crippen molar-refractivity contribution in [2.45, 2.75) is 39.5 Å². The van der Waals surface area contributed by atoms with E-state index in [-0.39, 0.29) is 28.6 Å². The van der Waals surface area contributed by atoms with Crippen LogP contribution in [0.15, 0.2) is 0 Å². The molecule has 5 atom stereocenters. The molecule has 4 aliphatic rings. The van der Waals surface area contributed by atoms with Crippen LogP contribution in [-0.4, -0.2) is 18.4 Å². The lowest BCUT2D eigenvalue weighted by molar-refractivity contribution is -0.175. The Kier molecular flexibility index (Phi) is 1.83. The van der Waals surface area contributed by atoms with Crippen LogP contribution in [-0.2, 0) is 14.3 Å². The average molecular weight is 248 g/mol. The standard InChI is InChI=1S/C15H20O3/c1-14(2)7-15-9-4-3-8(14)10(15)5-12(16)11(15)6-18-13(9)17/h8-11H,3-7H2,1-2H3/t8-,9+,10-,11+,15-/m0/s1. The van der Waals surface area contributed by atoms with Crippen LogP contribution in [0.2, 0.25) is 0 Å². The minimum atomic E-state index is -0.0289. The van der Waals surface area contributed by atoms with Gasteiger partial charge in [-0.1, -0.05) is 13.8 Å². The fraction of sp³-hybridized carbons (Fsp3) is 0.867. The molecule has 1 spiro atoms. The molecule has 3 aliphatic carbocycles. The minimum Gasteiger partial charge on any atom is -0.465 e. The number of cyclic esters (lactones) is 1. The summed E-state index contributed by atoms with van der Waals surface area (Å²) in [6.07, 6.45) is 3.78. The zero-order valence-corrected chi connectivity index (χ0v) is 11.1. The fourth-order valence-electron chi connectivity index (χ4n) is 6.03. The van der Waals surface area contributed by atoms with E-state index in [1.807, 2.05) is 0 Å². The molecule has 0 unspecified atom stereocenters. The van der Waals surface area contributed by atoms with Gasteiger partial charge in [-0.2, -0.15) is 0 Å². The van der Waals surface area contributed by atoms with Crippen molar-refractivity contribution in [1.82, 2.24) is 0 Å². The molecule has 1 saturated heterocycles. The molecule has 3 heteroatoms. The molecular weight excluding hydrogens is 228 g/mol. The second kappa shape index (κ2) is 3.00. The molecule has 18 heavy (non-hydrogen) atoms. The zero-order chi connectivity index (χ0) is 12.7. The summed E-state index contributed by atoms with van der Waals surface area (Å²) >= 11 is 0. The Morgan fingerprint density at radius 1 is 1.11 bits per heavy atom. The van der Waals surface area contributed by atoms with Crippen molar-refractivity contribution in [3.63, 3.8) is 0 Å². The average Bonchev–Trinajstić information content (AvgIpc) is 2.60. The molecule has 0 aromatic rings. The van der Waals surface area contributed by atoms with Crippen LogP contribution in [0.5, 0.6) is 0 Å². The number of esters is 1. The lowest BCUT2D eigenvalue weighted by Crippen LogP contribution is -2.51. The fourth-order valence-corrected chi connectivity index (χ4v) is 6.03. The highest BCUT2D eigenvalue weighted by atomic mass is 16.5. The second-order valence-electron chi connectivity index (χ2n) is 7.47. The summed E-state index contributed by atoms with van der Waals surface area (Å²) < 4.78 is 5.30. The van der Waals surface area contributed by atoms with Crippen LogP contribution in [0.3, 0.4) is 0 Å². The number of ether oxygens (including phenoxy) is 1. The van der Waals surface area contributed by atoms with E-state index in [0.717, 1.165) is 19.3 Å². The molecule has 0 aromatic heterocycles. The summed E-state index contributed by atoms with van der Waals surface area (Å²) in [5.74, 6) is 1.44. The number of hydrogen-bond donors (Lipinski definition) is 0. The van der Waals surface area contributed by atoms with Crippen LogP contribution in [0, 0.1) is 34.5 Å². The van der Waals surface area contributed by atoms with Gasteiger partial charge in [-0.3, -0.25) is 9.59 Å². The Morgan fingerprint density at radius 2 is 1.89 bits per heavy atom. The van der Waals surface area contributed by atoms with Crippen LogP contribution in [0.4, 0.5) is 0 Å². The van der Waals surface area contributed by atoms with Crippen molar-refractivity contribution in [2.75, 3.05) is 6.61 Å². The number of hydrogen-bond acceptors (Lipinski definition) is 3. The molecule has 0 radical (unpaired) electrons. The molecule has 0 aromatic carbocycles. The van der Waals surface area contributed by atoms with E-state index in [4.69, 9.17) is 4.74 Å². The van der Waals surface area contributed by atoms with E-state index in [9.17, 15) is 9.59 Å². The van der Waals surface area contributed by atoms with E-state index in [1.54, 1.807) is 0 Å². The largest absolute Gasteiger partial charge is 0.465 e. The Balaban J connectivity index is 1.90. The van der Waals surface area contributed by atoms with Crippen molar-refractivity contribution in [1.29, 1.82) is 0 Å². The van der Waals surface area contributed by atoms with Gasteiger partial charge < -0.3 is 4.74 Å². The van der Waals surface area contributed by atoms with Gasteiger partial charge in [0, 0.05) is 11.8 Å². The lowest BCUT2D eigenvalue weighted by atomic mass is 9.58. The van der Waals surface area contributed by atoms with Crippen molar-refractivity contribution < 1.29 is 14.3 Å². The Bertz CT molecular complexity index is 451. The molecule has 3 nitrogen and oxygen atoms in total. The first-order valence-electron chi connectivity index (χ1n) is 7.16. The van der Waals surface area contributed by atoms with Gasteiger partial charge in [0.05, 0.1) is 11.8 Å². The maximum atomic E-state index is 12.3. The van der Waals surface area contributed by atoms with Crippen LogP contribution >= 0.6 is 0 Å². The maximum Gasteiger partial charge on any atom is 0.309 e. The molecule has 4 fully saturated rings. The highest BCUT2D eigenvalue weighted by molar-refractivity contribution is 5.89. The van der Waals surface area contributed by atoms with Crippen LogP contribution in [0.25, 0.3) is 0 Å². The molecule has 0 amide bonds. The van der Waals surface area contributed by atoms with Gasteiger partial charge in [-0.05, 0) is 36.5 Å². The predicted molar refractivity (Wildman–Crippen MR) is 64.6 cm³/mol. The summed E-state index contributed by atoms with van der Waals surface area (Å²) in [7, 11) is 0. The zero-order valence-electron chi connectivity index (χ0n) is 11.1. The Morgan fingerprint density at radius 3 is 2.67 bits per heavy atom. The van der Waals surface area contributed by atoms with Crippen LogP contribution in [0.1, 0.15) is 39.5 Å². The third-order valence-electron chi connectivity index (χ3n) is 6.49. The maximum absolute atomic E-state index is 12.3. The molecule has 98 valence electrons. The van der Waals surface area contributed by atoms with Gasteiger partial charge in [0.2, 0.25) is 0 Å². The minimum absolute atomic E-state index is 0.00530. The summed E-state index contributed by atoms with van der Waals surface area (Å²) in [4.78, 5) is 24.4. The van der Waals surface area contributed by atoms with E-state index in [2.05, 4.69) is 13.8 Å².